The summed E-state index contributed by atoms with van der Waals surface area (Å²) in [5.41, 5.74) is 0.934. The van der Waals surface area contributed by atoms with Crippen LogP contribution in [-0.4, -0.2) is 38.4 Å². The van der Waals surface area contributed by atoms with Crippen molar-refractivity contribution in [3.05, 3.63) is 33.8 Å². The van der Waals surface area contributed by atoms with Crippen LogP contribution in [0.2, 0.25) is 10.0 Å². The standard InChI is InChI=1S/C16H19Cl2NO3/c17-11-1-2-12(13(18)9-11)16(4-7-21-8-5-16)10-19-14-3-6-22-15(14)20/h1-2,9,14,19H,3-8,10H2. The number of hydrogen-bond donors (Lipinski definition) is 1. The molecule has 1 aromatic rings. The Balaban J connectivity index is 1.82. The fourth-order valence-corrected chi connectivity index (χ4v) is 3.83. The van der Waals surface area contributed by atoms with E-state index in [4.69, 9.17) is 32.7 Å². The van der Waals surface area contributed by atoms with Gasteiger partial charge in [-0.1, -0.05) is 29.3 Å². The van der Waals surface area contributed by atoms with Gasteiger partial charge in [0, 0.05) is 41.6 Å². The first-order valence-electron chi connectivity index (χ1n) is 7.54. The monoisotopic (exact) mass is 343 g/mol. The van der Waals surface area contributed by atoms with Crippen LogP contribution in [0.5, 0.6) is 0 Å². The molecule has 0 amide bonds. The lowest BCUT2D eigenvalue weighted by molar-refractivity contribution is -0.139. The van der Waals surface area contributed by atoms with Gasteiger partial charge in [-0.05, 0) is 30.5 Å². The summed E-state index contributed by atoms with van der Waals surface area (Å²) in [4.78, 5) is 11.6. The number of carbonyl (C=O) groups is 1. The lowest BCUT2D eigenvalue weighted by atomic mass is 9.74. The number of rotatable bonds is 4. The second-order valence-electron chi connectivity index (χ2n) is 5.91. The topological polar surface area (TPSA) is 47.6 Å². The minimum absolute atomic E-state index is 0.136. The molecule has 0 radical (unpaired) electrons. The van der Waals surface area contributed by atoms with Crippen molar-refractivity contribution in [1.82, 2.24) is 5.32 Å². The molecule has 1 atom stereocenters. The van der Waals surface area contributed by atoms with Crippen LogP contribution >= 0.6 is 23.2 Å². The van der Waals surface area contributed by atoms with Gasteiger partial charge in [0.05, 0.1) is 6.61 Å². The van der Waals surface area contributed by atoms with E-state index >= 15 is 0 Å². The van der Waals surface area contributed by atoms with Crippen LogP contribution in [0.3, 0.4) is 0 Å². The van der Waals surface area contributed by atoms with Gasteiger partial charge in [0.1, 0.15) is 6.04 Å². The summed E-state index contributed by atoms with van der Waals surface area (Å²) in [7, 11) is 0. The van der Waals surface area contributed by atoms with E-state index < -0.39 is 0 Å². The second-order valence-corrected chi connectivity index (χ2v) is 6.75. The molecule has 0 saturated carbocycles. The third-order valence-electron chi connectivity index (χ3n) is 4.57. The Hall–Kier alpha value is -0.810. The molecule has 0 spiro atoms. The molecule has 1 N–H and O–H groups in total. The van der Waals surface area contributed by atoms with Crippen molar-refractivity contribution in [2.45, 2.75) is 30.7 Å². The highest BCUT2D eigenvalue weighted by Crippen LogP contribution is 2.39. The Morgan fingerprint density at radius 1 is 1.23 bits per heavy atom. The maximum Gasteiger partial charge on any atom is 0.323 e. The van der Waals surface area contributed by atoms with E-state index in [-0.39, 0.29) is 17.4 Å². The summed E-state index contributed by atoms with van der Waals surface area (Å²) < 4.78 is 10.5. The zero-order valence-electron chi connectivity index (χ0n) is 12.2. The van der Waals surface area contributed by atoms with Gasteiger partial charge in [0.2, 0.25) is 0 Å². The molecule has 1 unspecified atom stereocenters. The zero-order chi connectivity index (χ0) is 15.6. The molecule has 22 heavy (non-hydrogen) atoms. The number of esters is 1. The summed E-state index contributed by atoms with van der Waals surface area (Å²) in [5, 5.41) is 4.66. The average molecular weight is 344 g/mol. The van der Waals surface area contributed by atoms with Crippen LogP contribution in [0.25, 0.3) is 0 Å². The molecule has 2 saturated heterocycles. The van der Waals surface area contributed by atoms with Crippen molar-refractivity contribution < 1.29 is 14.3 Å². The predicted octanol–water partition coefficient (Wildman–Crippen LogP) is 2.95. The molecule has 2 fully saturated rings. The van der Waals surface area contributed by atoms with Gasteiger partial charge in [-0.25, -0.2) is 0 Å². The Kier molecular flexibility index (Phi) is 4.93. The molecule has 2 heterocycles. The first-order chi connectivity index (χ1) is 10.6. The number of ether oxygens (including phenoxy) is 2. The highest BCUT2D eigenvalue weighted by Gasteiger charge is 2.38. The molecule has 3 rings (SSSR count). The predicted molar refractivity (Wildman–Crippen MR) is 85.6 cm³/mol. The Bertz CT molecular complexity index is 558. The zero-order valence-corrected chi connectivity index (χ0v) is 13.8. The summed E-state index contributed by atoms with van der Waals surface area (Å²) in [6.07, 6.45) is 2.45. The van der Waals surface area contributed by atoms with Crippen LogP contribution in [0.4, 0.5) is 0 Å². The quantitative estimate of drug-likeness (QED) is 0.854. The largest absolute Gasteiger partial charge is 0.464 e. The first-order valence-corrected chi connectivity index (χ1v) is 8.30. The molecule has 4 nitrogen and oxygen atoms in total. The van der Waals surface area contributed by atoms with Crippen molar-refractivity contribution in [1.29, 1.82) is 0 Å². The van der Waals surface area contributed by atoms with E-state index in [9.17, 15) is 4.79 Å². The highest BCUT2D eigenvalue weighted by molar-refractivity contribution is 6.35. The van der Waals surface area contributed by atoms with Crippen molar-refractivity contribution in [3.8, 4) is 0 Å². The number of carbonyl (C=O) groups excluding carboxylic acids is 1. The van der Waals surface area contributed by atoms with E-state index in [0.29, 0.717) is 36.4 Å². The molecule has 0 aromatic heterocycles. The van der Waals surface area contributed by atoms with Crippen LogP contribution in [0, 0.1) is 0 Å². The number of nitrogens with one attached hydrogen (secondary N) is 1. The molecule has 2 aliphatic heterocycles. The molecular weight excluding hydrogens is 325 g/mol. The maximum atomic E-state index is 11.6. The van der Waals surface area contributed by atoms with E-state index in [1.807, 2.05) is 12.1 Å². The summed E-state index contributed by atoms with van der Waals surface area (Å²) in [6, 6.07) is 5.42. The van der Waals surface area contributed by atoms with Crippen LogP contribution in [-0.2, 0) is 19.7 Å². The van der Waals surface area contributed by atoms with Crippen molar-refractivity contribution in [2.24, 2.45) is 0 Å². The third-order valence-corrected chi connectivity index (χ3v) is 5.12. The van der Waals surface area contributed by atoms with E-state index in [1.165, 1.54) is 0 Å². The smallest absolute Gasteiger partial charge is 0.323 e. The van der Waals surface area contributed by atoms with Gasteiger partial charge in [-0.3, -0.25) is 4.79 Å². The minimum Gasteiger partial charge on any atom is -0.464 e. The summed E-state index contributed by atoms with van der Waals surface area (Å²) >= 11 is 12.4. The van der Waals surface area contributed by atoms with Gasteiger partial charge in [-0.15, -0.1) is 0 Å². The fraction of sp³-hybridized carbons (Fsp3) is 0.562. The fourth-order valence-electron chi connectivity index (χ4n) is 3.22. The van der Waals surface area contributed by atoms with Gasteiger partial charge in [-0.2, -0.15) is 0 Å². The van der Waals surface area contributed by atoms with Gasteiger partial charge in [0.15, 0.2) is 0 Å². The maximum absolute atomic E-state index is 11.6. The Morgan fingerprint density at radius 2 is 2.00 bits per heavy atom. The molecule has 0 aliphatic carbocycles. The normalized spacial score (nSPS) is 24.3. The van der Waals surface area contributed by atoms with Crippen molar-refractivity contribution >= 4 is 29.2 Å². The van der Waals surface area contributed by atoms with Crippen LogP contribution in [0.1, 0.15) is 24.8 Å². The van der Waals surface area contributed by atoms with Crippen molar-refractivity contribution in [2.75, 3.05) is 26.4 Å². The minimum atomic E-state index is -0.217. The molecule has 0 bridgehead atoms. The molecule has 1 aromatic carbocycles. The van der Waals surface area contributed by atoms with Gasteiger partial charge in [0.25, 0.3) is 0 Å². The number of halogens is 2. The number of benzene rings is 1. The lowest BCUT2D eigenvalue weighted by Crippen LogP contribution is -2.47. The lowest BCUT2D eigenvalue weighted by Gasteiger charge is -2.39. The average Bonchev–Trinajstić information content (AvgIpc) is 2.91. The highest BCUT2D eigenvalue weighted by atomic mass is 35.5. The number of cyclic esters (lactones) is 1. The van der Waals surface area contributed by atoms with Crippen LogP contribution in [0.15, 0.2) is 18.2 Å². The molecule has 2 aliphatic rings. The molecular formula is C16H19Cl2NO3. The Labute approximate surface area is 140 Å². The first kappa shape index (κ1) is 16.1. The molecule has 120 valence electrons. The van der Waals surface area contributed by atoms with Crippen molar-refractivity contribution in [3.63, 3.8) is 0 Å². The van der Waals surface area contributed by atoms with Gasteiger partial charge < -0.3 is 14.8 Å². The SMILES string of the molecule is O=C1OCCC1NCC1(c2ccc(Cl)cc2Cl)CCOCC1. The van der Waals surface area contributed by atoms with Gasteiger partial charge >= 0.3 is 5.97 Å². The second kappa shape index (κ2) is 6.75. The molecule has 6 heteroatoms. The Morgan fingerprint density at radius 3 is 2.64 bits per heavy atom. The summed E-state index contributed by atoms with van der Waals surface area (Å²) in [5.74, 6) is -0.163. The van der Waals surface area contributed by atoms with E-state index in [2.05, 4.69) is 5.32 Å². The number of hydrogen-bond acceptors (Lipinski definition) is 4. The third kappa shape index (κ3) is 3.25. The summed E-state index contributed by atoms with van der Waals surface area (Å²) in [6.45, 7) is 2.55. The van der Waals surface area contributed by atoms with E-state index in [0.717, 1.165) is 24.8 Å². The van der Waals surface area contributed by atoms with Crippen LogP contribution < -0.4 is 5.32 Å². The van der Waals surface area contributed by atoms with E-state index in [1.54, 1.807) is 6.07 Å².